The van der Waals surface area contributed by atoms with E-state index in [9.17, 15) is 0 Å². The Bertz CT molecular complexity index is 774. The van der Waals surface area contributed by atoms with Gasteiger partial charge in [0.25, 0.3) is 0 Å². The predicted octanol–water partition coefficient (Wildman–Crippen LogP) is 3.54. The Labute approximate surface area is 128 Å². The molecule has 0 bridgehead atoms. The maximum Gasteiger partial charge on any atom is 0.157 e. The first-order chi connectivity index (χ1) is 10.1. The summed E-state index contributed by atoms with van der Waals surface area (Å²) in [5.74, 6) is 0.958. The van der Waals surface area contributed by atoms with Gasteiger partial charge in [0.15, 0.2) is 5.65 Å². The molecule has 6 heteroatoms. The smallest absolute Gasteiger partial charge is 0.157 e. The van der Waals surface area contributed by atoms with Crippen molar-refractivity contribution >= 4 is 22.8 Å². The minimum Gasteiger partial charge on any atom is -0.362 e. The van der Waals surface area contributed by atoms with Gasteiger partial charge in [-0.15, -0.1) is 11.3 Å². The molecule has 0 aliphatic heterocycles. The summed E-state index contributed by atoms with van der Waals surface area (Å²) in [6, 6.07) is 4.12. The van der Waals surface area contributed by atoms with E-state index in [1.54, 1.807) is 17.5 Å². The third-order valence-corrected chi connectivity index (χ3v) is 4.39. The molecule has 3 rings (SSSR count). The highest BCUT2D eigenvalue weighted by atomic mass is 32.1. The summed E-state index contributed by atoms with van der Waals surface area (Å²) in [5, 5.41) is 8.96. The highest BCUT2D eigenvalue weighted by Gasteiger charge is 2.15. The summed E-state index contributed by atoms with van der Waals surface area (Å²) in [7, 11) is 0. The lowest BCUT2D eigenvalue weighted by molar-refractivity contribution is 0.805. The summed E-state index contributed by atoms with van der Waals surface area (Å²) in [6.07, 6.45) is 2.68. The minimum atomic E-state index is 0.134. The Hall–Kier alpha value is -1.95. The lowest BCUT2D eigenvalue weighted by atomic mass is 10.2. The first-order valence-corrected chi connectivity index (χ1v) is 7.94. The molecule has 0 amide bonds. The standard InChI is InChI=1S/C15H19N5S/c1-5-12-8-14(20-13(19-12)6-7-16-20)17-9(2)15-10(3)21-11(4)18-15/h6-9,17H,5H2,1-4H3. The van der Waals surface area contributed by atoms with Gasteiger partial charge in [0.1, 0.15) is 5.82 Å². The fourth-order valence-electron chi connectivity index (χ4n) is 2.49. The van der Waals surface area contributed by atoms with Crippen molar-refractivity contribution in [1.82, 2.24) is 19.6 Å². The lowest BCUT2D eigenvalue weighted by Crippen LogP contribution is -2.12. The van der Waals surface area contributed by atoms with Gasteiger partial charge < -0.3 is 5.32 Å². The molecule has 1 atom stereocenters. The van der Waals surface area contributed by atoms with Gasteiger partial charge in [-0.2, -0.15) is 9.61 Å². The number of nitrogens with one attached hydrogen (secondary N) is 1. The van der Waals surface area contributed by atoms with Crippen molar-refractivity contribution in [2.75, 3.05) is 5.32 Å². The summed E-state index contributed by atoms with van der Waals surface area (Å²) in [6.45, 7) is 8.39. The summed E-state index contributed by atoms with van der Waals surface area (Å²) < 4.78 is 1.84. The van der Waals surface area contributed by atoms with Crippen molar-refractivity contribution in [3.63, 3.8) is 0 Å². The van der Waals surface area contributed by atoms with Crippen LogP contribution in [-0.2, 0) is 6.42 Å². The molecule has 21 heavy (non-hydrogen) atoms. The van der Waals surface area contributed by atoms with E-state index >= 15 is 0 Å². The molecular weight excluding hydrogens is 282 g/mol. The van der Waals surface area contributed by atoms with E-state index in [1.165, 1.54) is 4.88 Å². The zero-order valence-electron chi connectivity index (χ0n) is 12.7. The number of aryl methyl sites for hydroxylation is 3. The van der Waals surface area contributed by atoms with E-state index in [2.05, 4.69) is 47.2 Å². The number of hydrogen-bond acceptors (Lipinski definition) is 5. The monoisotopic (exact) mass is 301 g/mol. The second-order valence-electron chi connectivity index (χ2n) is 5.13. The van der Waals surface area contributed by atoms with Gasteiger partial charge in [-0.25, -0.2) is 9.97 Å². The molecule has 3 aromatic heterocycles. The van der Waals surface area contributed by atoms with Crippen molar-refractivity contribution in [2.45, 2.75) is 40.2 Å². The molecule has 3 heterocycles. The number of anilines is 1. The van der Waals surface area contributed by atoms with E-state index in [-0.39, 0.29) is 6.04 Å². The third-order valence-electron chi connectivity index (χ3n) is 3.49. The number of nitrogens with zero attached hydrogens (tertiary/aromatic N) is 4. The molecule has 0 radical (unpaired) electrons. The number of thiazole rings is 1. The Morgan fingerprint density at radius 1 is 1.33 bits per heavy atom. The van der Waals surface area contributed by atoms with Gasteiger partial charge in [0.2, 0.25) is 0 Å². The molecule has 3 aromatic rings. The van der Waals surface area contributed by atoms with Crippen LogP contribution in [0.25, 0.3) is 5.65 Å². The average Bonchev–Trinajstić information content (AvgIpc) is 3.04. The molecule has 0 saturated heterocycles. The van der Waals surface area contributed by atoms with Crippen molar-refractivity contribution in [3.8, 4) is 0 Å². The van der Waals surface area contributed by atoms with Crippen molar-refractivity contribution in [1.29, 1.82) is 0 Å². The second kappa shape index (κ2) is 5.44. The SMILES string of the molecule is CCc1cc(NC(C)c2nc(C)sc2C)n2nccc2n1. The Kier molecular flexibility index (Phi) is 3.63. The summed E-state index contributed by atoms with van der Waals surface area (Å²) in [4.78, 5) is 10.4. The maximum atomic E-state index is 4.63. The van der Waals surface area contributed by atoms with Crippen LogP contribution in [0.2, 0.25) is 0 Å². The predicted molar refractivity (Wildman–Crippen MR) is 86.0 cm³/mol. The van der Waals surface area contributed by atoms with Crippen molar-refractivity contribution in [3.05, 3.63) is 39.6 Å². The molecule has 0 spiro atoms. The first-order valence-electron chi connectivity index (χ1n) is 7.12. The van der Waals surface area contributed by atoms with Crippen LogP contribution >= 0.6 is 11.3 Å². The lowest BCUT2D eigenvalue weighted by Gasteiger charge is -2.16. The summed E-state index contributed by atoms with van der Waals surface area (Å²) in [5.41, 5.74) is 3.03. The number of fused-ring (bicyclic) bond motifs is 1. The molecule has 1 unspecified atom stereocenters. The van der Waals surface area contributed by atoms with Gasteiger partial charge >= 0.3 is 0 Å². The van der Waals surface area contributed by atoms with Gasteiger partial charge in [0.05, 0.1) is 22.9 Å². The minimum absolute atomic E-state index is 0.134. The van der Waals surface area contributed by atoms with Gasteiger partial charge in [0, 0.05) is 22.7 Å². The highest BCUT2D eigenvalue weighted by molar-refractivity contribution is 7.11. The highest BCUT2D eigenvalue weighted by Crippen LogP contribution is 2.26. The van der Waals surface area contributed by atoms with Crippen molar-refractivity contribution < 1.29 is 0 Å². The van der Waals surface area contributed by atoms with Crippen molar-refractivity contribution in [2.24, 2.45) is 0 Å². The van der Waals surface area contributed by atoms with Crippen LogP contribution in [0, 0.1) is 13.8 Å². The molecule has 0 saturated carbocycles. The van der Waals surface area contributed by atoms with E-state index in [1.807, 2.05) is 17.5 Å². The van der Waals surface area contributed by atoms with Crippen LogP contribution in [0.5, 0.6) is 0 Å². The number of aromatic nitrogens is 4. The van der Waals surface area contributed by atoms with Crippen LogP contribution in [0.4, 0.5) is 5.82 Å². The van der Waals surface area contributed by atoms with Crippen LogP contribution in [0.3, 0.4) is 0 Å². The molecule has 0 aliphatic rings. The van der Waals surface area contributed by atoms with Crippen LogP contribution in [0.1, 0.15) is 41.2 Å². The first kappa shape index (κ1) is 14.0. The third kappa shape index (κ3) is 2.63. The Balaban J connectivity index is 1.97. The van der Waals surface area contributed by atoms with Gasteiger partial charge in [-0.05, 0) is 27.2 Å². The average molecular weight is 301 g/mol. The molecule has 5 nitrogen and oxygen atoms in total. The molecule has 0 aromatic carbocycles. The van der Waals surface area contributed by atoms with Crippen LogP contribution in [-0.4, -0.2) is 19.6 Å². The molecule has 1 N–H and O–H groups in total. The fourth-order valence-corrected chi connectivity index (χ4v) is 3.40. The maximum absolute atomic E-state index is 4.63. The van der Waals surface area contributed by atoms with Gasteiger partial charge in [-0.1, -0.05) is 6.92 Å². The second-order valence-corrected chi connectivity index (χ2v) is 6.54. The van der Waals surface area contributed by atoms with Crippen LogP contribution < -0.4 is 5.32 Å². The quantitative estimate of drug-likeness (QED) is 0.801. The normalized spacial score (nSPS) is 12.8. The van der Waals surface area contributed by atoms with Crippen LogP contribution in [0.15, 0.2) is 18.3 Å². The molecule has 0 aliphatic carbocycles. The summed E-state index contributed by atoms with van der Waals surface area (Å²) >= 11 is 1.74. The Morgan fingerprint density at radius 3 is 2.81 bits per heavy atom. The number of rotatable bonds is 4. The zero-order chi connectivity index (χ0) is 15.0. The molecule has 110 valence electrons. The topological polar surface area (TPSA) is 55.1 Å². The number of hydrogen-bond donors (Lipinski definition) is 1. The van der Waals surface area contributed by atoms with Gasteiger partial charge in [-0.3, -0.25) is 0 Å². The van der Waals surface area contributed by atoms with E-state index in [0.717, 1.165) is 34.3 Å². The molecular formula is C15H19N5S. The van der Waals surface area contributed by atoms with E-state index < -0.39 is 0 Å². The van der Waals surface area contributed by atoms with E-state index in [0.29, 0.717) is 0 Å². The fraction of sp³-hybridized carbons (Fsp3) is 0.400. The molecule has 0 fully saturated rings. The van der Waals surface area contributed by atoms with E-state index in [4.69, 9.17) is 0 Å². The largest absolute Gasteiger partial charge is 0.362 e. The Morgan fingerprint density at radius 2 is 2.14 bits per heavy atom. The zero-order valence-corrected chi connectivity index (χ0v) is 13.5.